The highest BCUT2D eigenvalue weighted by Gasteiger charge is 2.60. The Morgan fingerprint density at radius 2 is 1.65 bits per heavy atom. The van der Waals surface area contributed by atoms with Crippen molar-refractivity contribution in [2.75, 3.05) is 20.8 Å². The van der Waals surface area contributed by atoms with Gasteiger partial charge in [0.25, 0.3) is 0 Å². The molecular weight excluding hydrogens is 839 g/mol. The van der Waals surface area contributed by atoms with Crippen LogP contribution >= 0.6 is 0 Å². The van der Waals surface area contributed by atoms with Gasteiger partial charge in [-0.3, -0.25) is 9.59 Å². The van der Waals surface area contributed by atoms with E-state index in [-0.39, 0.29) is 61.0 Å². The second-order valence-electron chi connectivity index (χ2n) is 19.7. The molecule has 364 valence electrons. The minimum absolute atomic E-state index is 0.0270. The Balaban J connectivity index is 1.16. The van der Waals surface area contributed by atoms with E-state index < -0.39 is 84.7 Å². The third kappa shape index (κ3) is 10.6. The molecule has 0 aromatic carbocycles. The highest BCUT2D eigenvalue weighted by molar-refractivity contribution is 5.78. The van der Waals surface area contributed by atoms with Crippen LogP contribution in [-0.4, -0.2) is 140 Å². The monoisotopic (exact) mass is 914 g/mol. The molecule has 4 saturated heterocycles. The van der Waals surface area contributed by atoms with Gasteiger partial charge in [-0.05, 0) is 62.8 Å². The van der Waals surface area contributed by atoms with Gasteiger partial charge in [0.2, 0.25) is 5.91 Å². The molecule has 7 aliphatic rings. The van der Waals surface area contributed by atoms with Crippen LogP contribution in [0.3, 0.4) is 0 Å². The molecule has 1 spiro atoms. The summed E-state index contributed by atoms with van der Waals surface area (Å²) in [5, 5.41) is 26.7. The SMILES string of the molecule is CC[C@@H](C)[C@@H]1O[C@]2(C=C[C@H]1C)C[C@@H]1C[C@H](C/C=C(\C)[C@H](O[C@H]3C[C@H](OC)[C@H](O[C@H]4C[C@H](OC)[C@H](NC(C)=O)[C@H](C)O4)[C@H](C)O3)[C@H](C)/C=C/C=C3\CO[C@H]4[C@H](O)C(C)=C[C@@H](C(=O)O1)[C@@]34O)O2. The zero-order valence-electron chi connectivity index (χ0n) is 40.2. The smallest absolute Gasteiger partial charge is 0.316 e. The molecule has 4 fully saturated rings. The van der Waals surface area contributed by atoms with Crippen molar-refractivity contribution in [3.8, 4) is 0 Å². The number of fused-ring (bicyclic) bond motifs is 2. The van der Waals surface area contributed by atoms with Crippen molar-refractivity contribution in [2.45, 2.75) is 198 Å². The van der Waals surface area contributed by atoms with Gasteiger partial charge in [0, 0.05) is 58.7 Å². The Labute approximate surface area is 385 Å². The van der Waals surface area contributed by atoms with Gasteiger partial charge in [0.15, 0.2) is 18.4 Å². The topological polar surface area (TPSA) is 179 Å². The number of allylic oxidation sites excluding steroid dienone is 2. The van der Waals surface area contributed by atoms with Crippen molar-refractivity contribution < 1.29 is 67.2 Å². The van der Waals surface area contributed by atoms with E-state index in [2.05, 4.69) is 45.2 Å². The number of nitrogens with one attached hydrogen (secondary N) is 1. The van der Waals surface area contributed by atoms with Crippen molar-refractivity contribution in [3.63, 3.8) is 0 Å². The number of esters is 1. The molecule has 15 heteroatoms. The molecule has 20 atom stereocenters. The minimum atomic E-state index is -1.84. The summed E-state index contributed by atoms with van der Waals surface area (Å²) in [6.07, 6.45) is 9.46. The average Bonchev–Trinajstić information content (AvgIpc) is 3.61. The van der Waals surface area contributed by atoms with E-state index in [4.69, 9.17) is 47.4 Å². The zero-order valence-corrected chi connectivity index (χ0v) is 40.2. The van der Waals surface area contributed by atoms with Crippen LogP contribution in [0.1, 0.15) is 101 Å². The first-order valence-corrected chi connectivity index (χ1v) is 23.8. The lowest BCUT2D eigenvalue weighted by atomic mass is 9.71. The van der Waals surface area contributed by atoms with E-state index in [0.29, 0.717) is 36.8 Å². The van der Waals surface area contributed by atoms with Gasteiger partial charge < -0.3 is 62.9 Å². The highest BCUT2D eigenvalue weighted by Crippen LogP contribution is 2.47. The summed E-state index contributed by atoms with van der Waals surface area (Å²) in [5.41, 5.74) is 0.116. The molecular formula is C50H75NO14. The van der Waals surface area contributed by atoms with E-state index in [1.54, 1.807) is 33.3 Å². The normalized spacial score (nSPS) is 47.3. The van der Waals surface area contributed by atoms with Gasteiger partial charge in [-0.2, -0.15) is 0 Å². The maximum absolute atomic E-state index is 14.4. The van der Waals surface area contributed by atoms with Crippen molar-refractivity contribution in [2.24, 2.45) is 23.7 Å². The van der Waals surface area contributed by atoms with E-state index >= 15 is 0 Å². The average molecular weight is 914 g/mol. The molecule has 0 aromatic rings. The van der Waals surface area contributed by atoms with E-state index in [1.807, 2.05) is 39.0 Å². The number of carbonyl (C=O) groups is 2. The third-order valence-electron chi connectivity index (χ3n) is 14.9. The molecule has 0 saturated carbocycles. The molecule has 65 heavy (non-hydrogen) atoms. The summed E-state index contributed by atoms with van der Waals surface area (Å²) in [5.74, 6) is -2.75. The van der Waals surface area contributed by atoms with Crippen LogP contribution in [0.25, 0.3) is 0 Å². The Kier molecular flexibility index (Phi) is 16.0. The Morgan fingerprint density at radius 3 is 2.35 bits per heavy atom. The summed E-state index contributed by atoms with van der Waals surface area (Å²) in [4.78, 5) is 26.3. The maximum atomic E-state index is 14.4. The maximum Gasteiger partial charge on any atom is 0.316 e. The number of aliphatic hydroxyl groups is 2. The minimum Gasteiger partial charge on any atom is -0.462 e. The molecule has 15 nitrogen and oxygen atoms in total. The Bertz CT molecular complexity index is 1850. The number of ether oxygens (including phenoxy) is 10. The number of rotatable bonds is 9. The van der Waals surface area contributed by atoms with Gasteiger partial charge in [-0.15, -0.1) is 0 Å². The van der Waals surface area contributed by atoms with Crippen molar-refractivity contribution in [1.82, 2.24) is 5.32 Å². The summed E-state index contributed by atoms with van der Waals surface area (Å²) in [6, 6.07) is -0.315. The fourth-order valence-electron chi connectivity index (χ4n) is 11.0. The number of amides is 1. The van der Waals surface area contributed by atoms with E-state index in [0.717, 1.165) is 12.0 Å². The summed E-state index contributed by atoms with van der Waals surface area (Å²) in [6.45, 7) is 17.7. The molecule has 3 N–H and O–H groups in total. The zero-order chi connectivity index (χ0) is 47.0. The Hall–Kier alpha value is -2.80. The summed E-state index contributed by atoms with van der Waals surface area (Å²) in [7, 11) is 3.27. The predicted octanol–water partition coefficient (Wildman–Crippen LogP) is 5.52. The molecule has 0 unspecified atom stereocenters. The number of methoxy groups -OCH3 is 2. The van der Waals surface area contributed by atoms with Crippen LogP contribution in [0.4, 0.5) is 0 Å². The molecule has 1 aliphatic carbocycles. The number of aliphatic hydroxyl groups excluding tert-OH is 1. The molecule has 0 aromatic heterocycles. The quantitative estimate of drug-likeness (QED) is 0.195. The molecule has 7 rings (SSSR count). The van der Waals surface area contributed by atoms with Crippen LogP contribution < -0.4 is 5.32 Å². The fourth-order valence-corrected chi connectivity index (χ4v) is 11.0. The van der Waals surface area contributed by atoms with Gasteiger partial charge in [0.1, 0.15) is 35.9 Å². The second-order valence-corrected chi connectivity index (χ2v) is 19.7. The summed E-state index contributed by atoms with van der Waals surface area (Å²) < 4.78 is 64.4. The molecule has 2 bridgehead atoms. The van der Waals surface area contributed by atoms with Crippen LogP contribution in [0.2, 0.25) is 0 Å². The van der Waals surface area contributed by atoms with Crippen molar-refractivity contribution in [3.05, 3.63) is 59.3 Å². The van der Waals surface area contributed by atoms with Crippen LogP contribution in [-0.2, 0) is 57.0 Å². The Morgan fingerprint density at radius 1 is 0.938 bits per heavy atom. The molecule has 0 radical (unpaired) electrons. The lowest BCUT2D eigenvalue weighted by molar-refractivity contribution is -0.311. The van der Waals surface area contributed by atoms with Gasteiger partial charge in [-0.25, -0.2) is 0 Å². The van der Waals surface area contributed by atoms with Crippen LogP contribution in [0.15, 0.2) is 59.3 Å². The van der Waals surface area contributed by atoms with Crippen LogP contribution in [0.5, 0.6) is 0 Å². The standard InChI is InChI=1S/C50H75NO14/c1-12-26(2)45-29(5)18-19-49(65-45)24-36-21-35(64-49)17-16-28(4)44(27(3)14-13-15-34-25-58-47-43(53)30(6)20-37(48(54)61-36)50(34,47)55)62-41-23-39(57-11)46(32(8)60-41)63-40-22-38(56-10)42(31(7)59-40)51-33(9)52/h13-16,18-20,26-27,29,31-32,35-47,53,55H,12,17,21-25H2,1-11H3,(H,51,52)/b14-13+,28-16+,34-15+/t26-,27-,29-,31+,32+,35+,36+,37+,38+,39+,40+,41+,42-,43-,44-,45+,46-,47+,49-,50+/m1/s1. The molecule has 6 aliphatic heterocycles. The highest BCUT2D eigenvalue weighted by atomic mass is 16.7. The summed E-state index contributed by atoms with van der Waals surface area (Å²) >= 11 is 0. The van der Waals surface area contributed by atoms with Gasteiger partial charge >= 0.3 is 5.97 Å². The fraction of sp³-hybridized carbons (Fsp3) is 0.760. The first kappa shape index (κ1) is 50.1. The first-order chi connectivity index (χ1) is 30.9. The second kappa shape index (κ2) is 20.8. The van der Waals surface area contributed by atoms with Crippen LogP contribution in [0, 0.1) is 23.7 Å². The number of hydrogen-bond acceptors (Lipinski definition) is 14. The predicted molar refractivity (Wildman–Crippen MR) is 239 cm³/mol. The third-order valence-corrected chi connectivity index (χ3v) is 14.9. The van der Waals surface area contributed by atoms with E-state index in [1.165, 1.54) is 6.92 Å². The number of carbonyl (C=O) groups excluding carboxylic acids is 2. The number of hydrogen-bond donors (Lipinski definition) is 3. The van der Waals surface area contributed by atoms with Gasteiger partial charge in [-0.1, -0.05) is 70.6 Å². The largest absolute Gasteiger partial charge is 0.462 e. The first-order valence-electron chi connectivity index (χ1n) is 23.8. The van der Waals surface area contributed by atoms with Crippen molar-refractivity contribution in [1.29, 1.82) is 0 Å². The van der Waals surface area contributed by atoms with Crippen molar-refractivity contribution >= 4 is 11.9 Å². The lowest BCUT2D eigenvalue weighted by Crippen LogP contribution is -2.58. The molecule has 6 heterocycles. The van der Waals surface area contributed by atoms with Gasteiger partial charge in [0.05, 0.1) is 55.4 Å². The molecule has 1 amide bonds. The lowest BCUT2D eigenvalue weighted by Gasteiger charge is -2.48. The van der Waals surface area contributed by atoms with E-state index in [9.17, 15) is 19.8 Å².